The molecule has 0 unspecified atom stereocenters. The van der Waals surface area contributed by atoms with E-state index in [9.17, 15) is 9.18 Å². The van der Waals surface area contributed by atoms with E-state index in [-0.39, 0.29) is 16.9 Å². The van der Waals surface area contributed by atoms with Crippen LogP contribution in [0.1, 0.15) is 21.1 Å². The minimum absolute atomic E-state index is 0.0869. The number of nitrogens with one attached hydrogen (secondary N) is 1. The smallest absolute Gasteiger partial charge is 0.337 e. The maximum absolute atomic E-state index is 13.7. The Bertz CT molecular complexity index is 643. The van der Waals surface area contributed by atoms with Gasteiger partial charge in [-0.05, 0) is 19.1 Å². The average Bonchev–Trinajstić information content (AvgIpc) is 2.77. The summed E-state index contributed by atoms with van der Waals surface area (Å²) in [6, 6.07) is 2.22. The molecule has 20 heavy (non-hydrogen) atoms. The van der Waals surface area contributed by atoms with Crippen LogP contribution in [0.15, 0.2) is 17.5 Å². The summed E-state index contributed by atoms with van der Waals surface area (Å²) in [6.45, 7) is 2.37. The van der Waals surface area contributed by atoms with Crippen LogP contribution in [-0.2, 0) is 6.42 Å². The first-order valence-corrected chi connectivity index (χ1v) is 6.82. The van der Waals surface area contributed by atoms with Crippen molar-refractivity contribution in [2.75, 3.05) is 17.6 Å². The first-order chi connectivity index (χ1) is 9.47. The molecule has 0 aliphatic heterocycles. The van der Waals surface area contributed by atoms with Crippen LogP contribution in [0.5, 0.6) is 0 Å². The normalized spacial score (nSPS) is 10.5. The zero-order chi connectivity index (χ0) is 14.7. The van der Waals surface area contributed by atoms with Crippen molar-refractivity contribution in [3.8, 4) is 0 Å². The molecular formula is C13H14FN3O2S. The van der Waals surface area contributed by atoms with Gasteiger partial charge in [-0.2, -0.15) is 0 Å². The molecule has 4 N–H and O–H groups in total. The van der Waals surface area contributed by atoms with Crippen molar-refractivity contribution in [2.24, 2.45) is 0 Å². The lowest BCUT2D eigenvalue weighted by molar-refractivity contribution is 0.0698. The molecule has 0 bridgehead atoms. The Morgan fingerprint density at radius 3 is 2.90 bits per heavy atom. The molecular weight excluding hydrogens is 281 g/mol. The van der Waals surface area contributed by atoms with E-state index in [1.165, 1.54) is 6.07 Å². The Kier molecular flexibility index (Phi) is 4.19. The van der Waals surface area contributed by atoms with Crippen LogP contribution in [0.3, 0.4) is 0 Å². The number of carboxylic acids is 1. The average molecular weight is 295 g/mol. The number of aromatic carboxylic acids is 1. The minimum Gasteiger partial charge on any atom is -0.478 e. The number of nitrogens with zero attached hydrogens (tertiary/aromatic N) is 1. The fourth-order valence-corrected chi connectivity index (χ4v) is 2.51. The fraction of sp³-hybridized carbons (Fsp3) is 0.231. The van der Waals surface area contributed by atoms with Crippen molar-refractivity contribution in [1.29, 1.82) is 0 Å². The number of rotatable bonds is 5. The number of halogens is 1. The molecule has 0 atom stereocenters. The molecule has 1 aromatic carbocycles. The van der Waals surface area contributed by atoms with Gasteiger partial charge < -0.3 is 16.2 Å². The van der Waals surface area contributed by atoms with Crippen molar-refractivity contribution in [3.05, 3.63) is 39.6 Å². The van der Waals surface area contributed by atoms with Gasteiger partial charge in [-0.1, -0.05) is 0 Å². The van der Waals surface area contributed by atoms with E-state index in [1.807, 2.05) is 12.3 Å². The quantitative estimate of drug-likeness (QED) is 0.738. The second kappa shape index (κ2) is 5.87. The highest BCUT2D eigenvalue weighted by molar-refractivity contribution is 7.09. The Balaban J connectivity index is 2.05. The highest BCUT2D eigenvalue weighted by Crippen LogP contribution is 2.22. The topological polar surface area (TPSA) is 88.2 Å². The van der Waals surface area contributed by atoms with Crippen LogP contribution in [0.4, 0.5) is 15.8 Å². The summed E-state index contributed by atoms with van der Waals surface area (Å²) in [6.07, 6.45) is 0.644. The number of benzene rings is 1. The summed E-state index contributed by atoms with van der Waals surface area (Å²) in [4.78, 5) is 15.2. The fourth-order valence-electron chi connectivity index (χ4n) is 1.73. The van der Waals surface area contributed by atoms with Crippen molar-refractivity contribution >= 4 is 28.7 Å². The number of aromatic nitrogens is 1. The monoisotopic (exact) mass is 295 g/mol. The molecule has 1 heterocycles. The molecule has 2 rings (SSSR count). The van der Waals surface area contributed by atoms with Gasteiger partial charge in [0.05, 0.1) is 16.3 Å². The van der Waals surface area contributed by atoms with Gasteiger partial charge in [0.1, 0.15) is 5.82 Å². The predicted molar refractivity (Wildman–Crippen MR) is 76.8 cm³/mol. The number of nitrogens with two attached hydrogens (primary N) is 1. The second-order valence-corrected chi connectivity index (χ2v) is 5.23. The largest absolute Gasteiger partial charge is 0.478 e. The molecule has 0 fully saturated rings. The maximum Gasteiger partial charge on any atom is 0.337 e. The summed E-state index contributed by atoms with van der Waals surface area (Å²) in [5.41, 5.74) is 6.34. The molecule has 7 heteroatoms. The third-order valence-corrected chi connectivity index (χ3v) is 3.72. The van der Waals surface area contributed by atoms with Gasteiger partial charge >= 0.3 is 5.97 Å². The molecule has 1 aromatic heterocycles. The van der Waals surface area contributed by atoms with Crippen LogP contribution in [0.2, 0.25) is 0 Å². The van der Waals surface area contributed by atoms with Crippen molar-refractivity contribution < 1.29 is 14.3 Å². The van der Waals surface area contributed by atoms with Gasteiger partial charge in [0, 0.05) is 29.7 Å². The van der Waals surface area contributed by atoms with Crippen LogP contribution >= 0.6 is 11.3 Å². The predicted octanol–water partition coefficient (Wildman–Crippen LogP) is 2.53. The number of anilines is 2. The molecule has 5 nitrogen and oxygen atoms in total. The lowest BCUT2D eigenvalue weighted by atomic mass is 10.1. The molecule has 0 saturated carbocycles. The first-order valence-electron chi connectivity index (χ1n) is 5.94. The Morgan fingerprint density at radius 1 is 1.55 bits per heavy atom. The van der Waals surface area contributed by atoms with Crippen molar-refractivity contribution in [1.82, 2.24) is 4.98 Å². The van der Waals surface area contributed by atoms with E-state index in [0.29, 0.717) is 13.0 Å². The molecule has 106 valence electrons. The number of carboxylic acid groups (broad SMARTS) is 1. The van der Waals surface area contributed by atoms with Gasteiger partial charge in [0.2, 0.25) is 0 Å². The van der Waals surface area contributed by atoms with E-state index in [1.54, 1.807) is 11.3 Å². The SMILES string of the molecule is Cc1csc(CCNc2cc(C(=O)O)c(N)cc2F)n1. The van der Waals surface area contributed by atoms with E-state index >= 15 is 0 Å². The van der Waals surface area contributed by atoms with Crippen LogP contribution in [-0.4, -0.2) is 22.6 Å². The number of hydrogen-bond donors (Lipinski definition) is 3. The lowest BCUT2D eigenvalue weighted by Crippen LogP contribution is -2.09. The molecule has 0 aliphatic rings. The number of aryl methyl sites for hydroxylation is 1. The van der Waals surface area contributed by atoms with Gasteiger partial charge in [-0.15, -0.1) is 11.3 Å². The van der Waals surface area contributed by atoms with Crippen molar-refractivity contribution in [2.45, 2.75) is 13.3 Å². The highest BCUT2D eigenvalue weighted by atomic mass is 32.1. The summed E-state index contributed by atoms with van der Waals surface area (Å²) in [5, 5.41) is 14.7. The lowest BCUT2D eigenvalue weighted by Gasteiger charge is -2.09. The van der Waals surface area contributed by atoms with Gasteiger partial charge in [-0.3, -0.25) is 0 Å². The standard InChI is InChI=1S/C13H14FN3O2S/c1-7-6-20-12(17-7)2-3-16-11-4-8(13(18)19)10(15)5-9(11)14/h4-6,16H,2-3,15H2,1H3,(H,18,19). The summed E-state index contributed by atoms with van der Waals surface area (Å²) >= 11 is 1.54. The summed E-state index contributed by atoms with van der Waals surface area (Å²) in [7, 11) is 0. The molecule has 0 spiro atoms. The van der Waals surface area contributed by atoms with E-state index in [4.69, 9.17) is 10.8 Å². The number of thiazole rings is 1. The zero-order valence-corrected chi connectivity index (χ0v) is 11.6. The molecule has 0 amide bonds. The van der Waals surface area contributed by atoms with Gasteiger partial charge in [0.25, 0.3) is 0 Å². The number of hydrogen-bond acceptors (Lipinski definition) is 5. The highest BCUT2D eigenvalue weighted by Gasteiger charge is 2.13. The van der Waals surface area contributed by atoms with Crippen LogP contribution in [0, 0.1) is 12.7 Å². The number of nitrogen functional groups attached to an aromatic ring is 1. The van der Waals surface area contributed by atoms with E-state index in [2.05, 4.69) is 10.3 Å². The molecule has 0 aliphatic carbocycles. The maximum atomic E-state index is 13.7. The molecule has 0 radical (unpaired) electrons. The Labute approximate surface area is 119 Å². The van der Waals surface area contributed by atoms with Gasteiger partial charge in [-0.25, -0.2) is 14.2 Å². The van der Waals surface area contributed by atoms with Crippen molar-refractivity contribution in [3.63, 3.8) is 0 Å². The first kappa shape index (κ1) is 14.3. The van der Waals surface area contributed by atoms with E-state index < -0.39 is 11.8 Å². The Morgan fingerprint density at radius 2 is 2.30 bits per heavy atom. The van der Waals surface area contributed by atoms with E-state index in [0.717, 1.165) is 16.8 Å². The van der Waals surface area contributed by atoms with Crippen LogP contribution in [0.25, 0.3) is 0 Å². The second-order valence-electron chi connectivity index (χ2n) is 4.28. The van der Waals surface area contributed by atoms with Gasteiger partial charge in [0.15, 0.2) is 0 Å². The summed E-state index contributed by atoms with van der Waals surface area (Å²) in [5.74, 6) is -1.75. The minimum atomic E-state index is -1.18. The molecule has 0 saturated heterocycles. The van der Waals surface area contributed by atoms with Crippen LogP contribution < -0.4 is 11.1 Å². The number of carbonyl (C=O) groups is 1. The third-order valence-electron chi connectivity index (χ3n) is 2.69. The molecule has 2 aromatic rings. The Hall–Kier alpha value is -2.15. The summed E-state index contributed by atoms with van der Waals surface area (Å²) < 4.78 is 13.7. The third kappa shape index (κ3) is 3.24. The zero-order valence-electron chi connectivity index (χ0n) is 10.8.